The fraction of sp³-hybridized carbons (Fsp3) is 0.611. The highest BCUT2D eigenvalue weighted by Crippen LogP contribution is 2.14. The van der Waals surface area contributed by atoms with Gasteiger partial charge in [-0.25, -0.2) is 14.4 Å². The average Bonchev–Trinajstić information content (AvgIpc) is 3.27. The number of aryl methyl sites for hydroxylation is 1. The Balaban J connectivity index is 2.13. The Hall–Kier alpha value is -2.69. The zero-order valence-corrected chi connectivity index (χ0v) is 17.7. The summed E-state index contributed by atoms with van der Waals surface area (Å²) in [7, 11) is 0. The van der Waals surface area contributed by atoms with E-state index in [1.807, 2.05) is 13.8 Å². The van der Waals surface area contributed by atoms with Crippen molar-refractivity contribution >= 4 is 35.2 Å². The van der Waals surface area contributed by atoms with Crippen molar-refractivity contribution in [1.82, 2.24) is 26.1 Å². The smallest absolute Gasteiger partial charge is 0.291 e. The molecule has 1 aliphatic heterocycles. The Labute approximate surface area is 177 Å². The minimum Gasteiger partial charge on any atom is -0.448 e. The van der Waals surface area contributed by atoms with Gasteiger partial charge < -0.3 is 15.1 Å². The van der Waals surface area contributed by atoms with Crippen molar-refractivity contribution < 1.29 is 28.0 Å². The standard InChI is InChI=1S/C18H25ClFN5O5/c1-9(2)6-12(23-16(27)13-8-30-10(3)22-13)17(28)24-25(18(29)14(19)20)7-11-4-5-21-15(11)26/h8-9,11-12,14H,4-7H2,1-3H3,(H,21,26)(H,23,27)(H,24,28). The zero-order valence-electron chi connectivity index (χ0n) is 16.9. The van der Waals surface area contributed by atoms with Crippen LogP contribution in [0.15, 0.2) is 10.7 Å². The Kier molecular flexibility index (Phi) is 8.16. The number of nitrogens with one attached hydrogen (secondary N) is 3. The largest absolute Gasteiger partial charge is 0.448 e. The van der Waals surface area contributed by atoms with E-state index < -0.39 is 35.3 Å². The highest BCUT2D eigenvalue weighted by molar-refractivity contribution is 6.29. The number of halogens is 2. The topological polar surface area (TPSA) is 134 Å². The molecule has 0 bridgehead atoms. The minimum atomic E-state index is -2.40. The van der Waals surface area contributed by atoms with E-state index in [4.69, 9.17) is 16.0 Å². The molecule has 2 rings (SSSR count). The summed E-state index contributed by atoms with van der Waals surface area (Å²) in [6.07, 6.45) is 1.82. The van der Waals surface area contributed by atoms with Crippen molar-refractivity contribution in [3.05, 3.63) is 17.8 Å². The molecule has 0 spiro atoms. The first-order valence-electron chi connectivity index (χ1n) is 9.49. The second-order valence-corrected chi connectivity index (χ2v) is 7.79. The van der Waals surface area contributed by atoms with E-state index in [9.17, 15) is 23.6 Å². The lowest BCUT2D eigenvalue weighted by Gasteiger charge is -2.28. The molecule has 0 radical (unpaired) electrons. The molecule has 4 amide bonds. The second-order valence-electron chi connectivity index (χ2n) is 7.41. The van der Waals surface area contributed by atoms with Gasteiger partial charge in [0.2, 0.25) is 5.91 Å². The minimum absolute atomic E-state index is 0.00537. The van der Waals surface area contributed by atoms with E-state index in [0.717, 1.165) is 6.26 Å². The number of oxazole rings is 1. The molecule has 0 aliphatic carbocycles. The van der Waals surface area contributed by atoms with E-state index in [1.165, 1.54) is 0 Å². The summed E-state index contributed by atoms with van der Waals surface area (Å²) in [6, 6.07) is -1.05. The van der Waals surface area contributed by atoms with Crippen LogP contribution in [0.5, 0.6) is 0 Å². The number of carbonyl (C=O) groups excluding carboxylic acids is 4. The van der Waals surface area contributed by atoms with Crippen LogP contribution < -0.4 is 16.1 Å². The van der Waals surface area contributed by atoms with Crippen LogP contribution in [0.25, 0.3) is 0 Å². The molecular weight excluding hydrogens is 421 g/mol. The molecule has 1 saturated heterocycles. The van der Waals surface area contributed by atoms with Gasteiger partial charge in [0.25, 0.3) is 23.4 Å². The average molecular weight is 446 g/mol. The van der Waals surface area contributed by atoms with Gasteiger partial charge >= 0.3 is 0 Å². The van der Waals surface area contributed by atoms with Crippen LogP contribution in [0, 0.1) is 18.8 Å². The van der Waals surface area contributed by atoms with E-state index in [-0.39, 0.29) is 36.4 Å². The molecule has 1 aromatic heterocycles. The van der Waals surface area contributed by atoms with Crippen LogP contribution in [0.2, 0.25) is 0 Å². The maximum atomic E-state index is 13.4. The van der Waals surface area contributed by atoms with Crippen molar-refractivity contribution in [2.75, 3.05) is 13.1 Å². The molecule has 30 heavy (non-hydrogen) atoms. The number of hydrazine groups is 1. The third-order valence-corrected chi connectivity index (χ3v) is 4.63. The van der Waals surface area contributed by atoms with E-state index in [1.54, 1.807) is 6.92 Å². The molecular formula is C18H25ClFN5O5. The Bertz CT molecular complexity index is 800. The van der Waals surface area contributed by atoms with Crippen molar-refractivity contribution in [2.24, 2.45) is 11.8 Å². The van der Waals surface area contributed by atoms with E-state index in [2.05, 4.69) is 21.0 Å². The number of alkyl halides is 2. The van der Waals surface area contributed by atoms with Gasteiger partial charge in [-0.05, 0) is 18.8 Å². The van der Waals surface area contributed by atoms with Crippen LogP contribution in [-0.2, 0) is 14.4 Å². The highest BCUT2D eigenvalue weighted by Gasteiger charge is 2.33. The normalized spacial score (nSPS) is 17.9. The van der Waals surface area contributed by atoms with Gasteiger partial charge in [0.05, 0.1) is 12.5 Å². The second kappa shape index (κ2) is 10.4. The van der Waals surface area contributed by atoms with Gasteiger partial charge in [-0.1, -0.05) is 25.4 Å². The zero-order chi connectivity index (χ0) is 22.4. The number of carbonyl (C=O) groups is 4. The van der Waals surface area contributed by atoms with Crippen LogP contribution in [0.1, 0.15) is 43.1 Å². The van der Waals surface area contributed by atoms with Gasteiger partial charge in [0, 0.05) is 13.5 Å². The monoisotopic (exact) mass is 445 g/mol. The number of hydrogen-bond donors (Lipinski definition) is 3. The molecule has 1 aliphatic rings. The van der Waals surface area contributed by atoms with E-state index in [0.29, 0.717) is 18.0 Å². The predicted octanol–water partition coefficient (Wildman–Crippen LogP) is 0.658. The number of nitrogens with zero attached hydrogens (tertiary/aromatic N) is 2. The van der Waals surface area contributed by atoms with Crippen LogP contribution in [-0.4, -0.2) is 58.4 Å². The molecule has 0 saturated carbocycles. The number of hydrogen-bond acceptors (Lipinski definition) is 6. The highest BCUT2D eigenvalue weighted by atomic mass is 35.5. The fourth-order valence-electron chi connectivity index (χ4n) is 2.96. The molecule has 3 atom stereocenters. The third kappa shape index (κ3) is 6.41. The molecule has 10 nitrogen and oxygen atoms in total. The SMILES string of the molecule is Cc1nc(C(=O)NC(CC(C)C)C(=O)NN(CC2CCNC2=O)C(=O)C(F)Cl)co1. The lowest BCUT2D eigenvalue weighted by molar-refractivity contribution is -0.145. The van der Waals surface area contributed by atoms with Crippen LogP contribution in [0.4, 0.5) is 4.39 Å². The first-order chi connectivity index (χ1) is 14.1. The Morgan fingerprint density at radius 3 is 2.63 bits per heavy atom. The summed E-state index contributed by atoms with van der Waals surface area (Å²) in [6.45, 7) is 5.43. The third-order valence-electron chi connectivity index (χ3n) is 4.44. The molecule has 0 aromatic carbocycles. The van der Waals surface area contributed by atoms with Gasteiger partial charge in [0.15, 0.2) is 11.6 Å². The summed E-state index contributed by atoms with van der Waals surface area (Å²) in [5.41, 5.74) is -0.108. The molecule has 2 heterocycles. The molecule has 12 heteroatoms. The summed E-state index contributed by atoms with van der Waals surface area (Å²) in [4.78, 5) is 53.0. The van der Waals surface area contributed by atoms with Gasteiger partial charge in [-0.15, -0.1) is 0 Å². The van der Waals surface area contributed by atoms with Crippen LogP contribution >= 0.6 is 11.6 Å². The molecule has 1 fully saturated rings. The number of rotatable bonds is 8. The van der Waals surface area contributed by atoms with E-state index >= 15 is 0 Å². The lowest BCUT2D eigenvalue weighted by Crippen LogP contribution is -2.57. The molecule has 3 N–H and O–H groups in total. The van der Waals surface area contributed by atoms with Crippen molar-refractivity contribution in [3.63, 3.8) is 0 Å². The molecule has 166 valence electrons. The first-order valence-corrected chi connectivity index (χ1v) is 9.92. The number of amides is 4. The van der Waals surface area contributed by atoms with Gasteiger partial charge in [-0.2, -0.15) is 0 Å². The summed E-state index contributed by atoms with van der Waals surface area (Å²) in [5, 5.41) is 5.83. The van der Waals surface area contributed by atoms with Crippen LogP contribution in [0.3, 0.4) is 0 Å². The fourth-order valence-corrected chi connectivity index (χ4v) is 3.08. The number of aromatic nitrogens is 1. The summed E-state index contributed by atoms with van der Waals surface area (Å²) < 4.78 is 18.4. The lowest BCUT2D eigenvalue weighted by atomic mass is 10.0. The van der Waals surface area contributed by atoms with Crippen molar-refractivity contribution in [1.29, 1.82) is 0 Å². The predicted molar refractivity (Wildman–Crippen MR) is 104 cm³/mol. The summed E-state index contributed by atoms with van der Waals surface area (Å²) >= 11 is 5.26. The maximum absolute atomic E-state index is 13.4. The van der Waals surface area contributed by atoms with Crippen molar-refractivity contribution in [2.45, 2.75) is 45.3 Å². The maximum Gasteiger partial charge on any atom is 0.291 e. The summed E-state index contributed by atoms with van der Waals surface area (Å²) in [5.74, 6) is -3.21. The first kappa shape index (κ1) is 23.6. The van der Waals surface area contributed by atoms with Crippen molar-refractivity contribution in [3.8, 4) is 0 Å². The van der Waals surface area contributed by atoms with Gasteiger partial charge in [0.1, 0.15) is 12.3 Å². The Morgan fingerprint density at radius 2 is 2.13 bits per heavy atom. The Morgan fingerprint density at radius 1 is 1.43 bits per heavy atom. The molecule has 3 unspecified atom stereocenters. The van der Waals surface area contributed by atoms with Gasteiger partial charge in [-0.3, -0.25) is 24.6 Å². The molecule has 1 aromatic rings. The quantitative estimate of drug-likeness (QED) is 0.397.